The minimum atomic E-state index is 0.602. The fourth-order valence-electron chi connectivity index (χ4n) is 2.78. The Balaban J connectivity index is 1.61. The van der Waals surface area contributed by atoms with Crippen LogP contribution in [0.5, 0.6) is 0 Å². The third kappa shape index (κ3) is 4.26. The summed E-state index contributed by atoms with van der Waals surface area (Å²) in [5.74, 6) is 0.802. The molecule has 0 saturated carbocycles. The van der Waals surface area contributed by atoms with E-state index in [4.69, 9.17) is 11.6 Å². The van der Waals surface area contributed by atoms with Gasteiger partial charge >= 0.3 is 0 Å². The molecule has 0 saturated heterocycles. The van der Waals surface area contributed by atoms with E-state index in [2.05, 4.69) is 20.3 Å². The van der Waals surface area contributed by atoms with E-state index < -0.39 is 0 Å². The summed E-state index contributed by atoms with van der Waals surface area (Å²) < 4.78 is 3.89. The molecule has 26 heavy (non-hydrogen) atoms. The molecule has 0 bridgehead atoms. The summed E-state index contributed by atoms with van der Waals surface area (Å²) in [5, 5.41) is 8.70. The Labute approximate surface area is 158 Å². The summed E-state index contributed by atoms with van der Waals surface area (Å²) in [7, 11) is 5.76. The van der Waals surface area contributed by atoms with Crippen molar-refractivity contribution in [3.8, 4) is 5.69 Å². The van der Waals surface area contributed by atoms with Gasteiger partial charge < -0.3 is 14.8 Å². The molecule has 0 atom stereocenters. The van der Waals surface area contributed by atoms with Crippen molar-refractivity contribution in [2.24, 2.45) is 12.0 Å². The zero-order chi connectivity index (χ0) is 18.5. The van der Waals surface area contributed by atoms with Crippen LogP contribution in [0.1, 0.15) is 11.4 Å². The number of benzene rings is 1. The van der Waals surface area contributed by atoms with Crippen molar-refractivity contribution >= 4 is 17.6 Å². The summed E-state index contributed by atoms with van der Waals surface area (Å²) in [5.41, 5.74) is 3.11. The molecule has 3 aromatic rings. The summed E-state index contributed by atoms with van der Waals surface area (Å²) in [6.07, 6.45) is 3.86. The van der Waals surface area contributed by atoms with E-state index in [1.165, 1.54) is 0 Å². The number of nitrogens with zero attached hydrogens (tertiary/aromatic N) is 5. The lowest BCUT2D eigenvalue weighted by Gasteiger charge is -2.22. The molecule has 136 valence electrons. The Morgan fingerprint density at radius 2 is 2.04 bits per heavy atom. The zero-order valence-electron chi connectivity index (χ0n) is 15.2. The van der Waals surface area contributed by atoms with Gasteiger partial charge in [0.2, 0.25) is 0 Å². The SMILES string of the molecule is CN=C(NCc1ccn(-c2ccccc2)n1)N(C)Cc1cc(Cl)cn1C. The van der Waals surface area contributed by atoms with Crippen molar-refractivity contribution in [2.75, 3.05) is 14.1 Å². The molecule has 0 aliphatic carbocycles. The Morgan fingerprint density at radius 1 is 1.27 bits per heavy atom. The number of aromatic nitrogens is 3. The van der Waals surface area contributed by atoms with Crippen molar-refractivity contribution in [1.82, 2.24) is 24.6 Å². The van der Waals surface area contributed by atoms with Crippen LogP contribution >= 0.6 is 11.6 Å². The van der Waals surface area contributed by atoms with Crippen LogP contribution in [-0.4, -0.2) is 39.3 Å². The van der Waals surface area contributed by atoms with Gasteiger partial charge in [-0.25, -0.2) is 4.68 Å². The van der Waals surface area contributed by atoms with Gasteiger partial charge in [-0.1, -0.05) is 29.8 Å². The molecule has 0 aliphatic heterocycles. The van der Waals surface area contributed by atoms with Crippen molar-refractivity contribution < 1.29 is 0 Å². The molecule has 0 spiro atoms. The average Bonchev–Trinajstić information content (AvgIpc) is 3.23. The summed E-state index contributed by atoms with van der Waals surface area (Å²) in [6.45, 7) is 1.31. The lowest BCUT2D eigenvalue weighted by molar-refractivity contribution is 0.461. The molecular formula is C19H23ClN6. The van der Waals surface area contributed by atoms with Gasteiger partial charge in [0, 0.05) is 39.2 Å². The van der Waals surface area contributed by atoms with Crippen molar-refractivity contribution in [3.05, 3.63) is 71.3 Å². The zero-order valence-corrected chi connectivity index (χ0v) is 16.0. The molecule has 7 heteroatoms. The largest absolute Gasteiger partial charge is 0.351 e. The van der Waals surface area contributed by atoms with Crippen molar-refractivity contribution in [3.63, 3.8) is 0 Å². The van der Waals surface area contributed by atoms with Crippen LogP contribution in [0.3, 0.4) is 0 Å². The third-order valence-electron chi connectivity index (χ3n) is 4.14. The number of aliphatic imine (C=N–C) groups is 1. The van der Waals surface area contributed by atoms with E-state index in [-0.39, 0.29) is 0 Å². The molecule has 2 aromatic heterocycles. The fraction of sp³-hybridized carbons (Fsp3) is 0.263. The van der Waals surface area contributed by atoms with Gasteiger partial charge in [-0.2, -0.15) is 5.10 Å². The normalized spacial score (nSPS) is 11.6. The first-order valence-electron chi connectivity index (χ1n) is 8.39. The molecular weight excluding hydrogens is 348 g/mol. The second-order valence-electron chi connectivity index (χ2n) is 6.10. The van der Waals surface area contributed by atoms with Crippen LogP contribution in [0.2, 0.25) is 5.02 Å². The molecule has 0 fully saturated rings. The molecule has 0 radical (unpaired) electrons. The summed E-state index contributed by atoms with van der Waals surface area (Å²) >= 11 is 6.06. The number of rotatable bonds is 5. The molecule has 0 amide bonds. The predicted octanol–water partition coefficient (Wildman–Crippen LogP) is 3.07. The van der Waals surface area contributed by atoms with Gasteiger partial charge in [0.25, 0.3) is 0 Å². The highest BCUT2D eigenvalue weighted by Gasteiger charge is 2.10. The molecule has 0 aliphatic rings. The van der Waals surface area contributed by atoms with E-state index in [0.29, 0.717) is 13.1 Å². The maximum atomic E-state index is 6.06. The average molecular weight is 371 g/mol. The first kappa shape index (κ1) is 18.1. The number of nitrogens with one attached hydrogen (secondary N) is 1. The number of aryl methyl sites for hydroxylation is 1. The van der Waals surface area contributed by atoms with Crippen LogP contribution in [0.15, 0.2) is 59.9 Å². The highest BCUT2D eigenvalue weighted by molar-refractivity contribution is 6.30. The van der Waals surface area contributed by atoms with Crippen molar-refractivity contribution in [1.29, 1.82) is 0 Å². The number of hydrogen-bond donors (Lipinski definition) is 1. The molecule has 3 rings (SSSR count). The third-order valence-corrected chi connectivity index (χ3v) is 4.35. The van der Waals surface area contributed by atoms with E-state index in [0.717, 1.165) is 28.1 Å². The highest BCUT2D eigenvalue weighted by Crippen LogP contribution is 2.14. The van der Waals surface area contributed by atoms with Crippen LogP contribution in [0, 0.1) is 0 Å². The fourth-order valence-corrected chi connectivity index (χ4v) is 3.05. The maximum absolute atomic E-state index is 6.06. The van der Waals surface area contributed by atoms with Crippen LogP contribution < -0.4 is 5.32 Å². The van der Waals surface area contributed by atoms with Gasteiger partial charge in [0.1, 0.15) is 0 Å². The minimum absolute atomic E-state index is 0.602. The van der Waals surface area contributed by atoms with Gasteiger partial charge in [0.15, 0.2) is 5.96 Å². The Hall–Kier alpha value is -2.73. The van der Waals surface area contributed by atoms with Crippen LogP contribution in [0.4, 0.5) is 0 Å². The molecule has 2 heterocycles. The number of para-hydroxylation sites is 1. The smallest absolute Gasteiger partial charge is 0.194 e. The Morgan fingerprint density at radius 3 is 2.69 bits per heavy atom. The Kier molecular flexibility index (Phi) is 5.63. The molecule has 1 N–H and O–H groups in total. The van der Waals surface area contributed by atoms with Gasteiger partial charge in [0.05, 0.1) is 29.5 Å². The van der Waals surface area contributed by atoms with Gasteiger partial charge in [-0.3, -0.25) is 4.99 Å². The second kappa shape index (κ2) is 8.10. The first-order valence-corrected chi connectivity index (χ1v) is 8.77. The lowest BCUT2D eigenvalue weighted by atomic mass is 10.3. The number of hydrogen-bond acceptors (Lipinski definition) is 2. The number of halogens is 1. The quantitative estimate of drug-likeness (QED) is 0.554. The molecule has 6 nitrogen and oxygen atoms in total. The van der Waals surface area contributed by atoms with Gasteiger partial charge in [-0.15, -0.1) is 0 Å². The topological polar surface area (TPSA) is 50.4 Å². The predicted molar refractivity (Wildman–Crippen MR) is 106 cm³/mol. The monoisotopic (exact) mass is 370 g/mol. The van der Waals surface area contributed by atoms with E-state index in [1.807, 2.05) is 78.2 Å². The van der Waals surface area contributed by atoms with Crippen LogP contribution in [-0.2, 0) is 20.1 Å². The highest BCUT2D eigenvalue weighted by atomic mass is 35.5. The van der Waals surface area contributed by atoms with Crippen molar-refractivity contribution in [2.45, 2.75) is 13.1 Å². The second-order valence-corrected chi connectivity index (χ2v) is 6.54. The first-order chi connectivity index (χ1) is 12.6. The molecule has 1 aromatic carbocycles. The number of guanidine groups is 1. The minimum Gasteiger partial charge on any atom is -0.351 e. The van der Waals surface area contributed by atoms with E-state index >= 15 is 0 Å². The maximum Gasteiger partial charge on any atom is 0.194 e. The summed E-state index contributed by atoms with van der Waals surface area (Å²) in [4.78, 5) is 6.41. The van der Waals surface area contributed by atoms with E-state index in [1.54, 1.807) is 7.05 Å². The summed E-state index contributed by atoms with van der Waals surface area (Å²) in [6, 6.07) is 14.0. The standard InChI is InChI=1S/C19H23ClN6/c1-21-19(25(3)14-18-11-15(20)13-24(18)2)22-12-16-9-10-26(23-16)17-7-5-4-6-8-17/h4-11,13H,12,14H2,1-3H3,(H,21,22). The van der Waals surface area contributed by atoms with Gasteiger partial charge in [-0.05, 0) is 24.3 Å². The van der Waals surface area contributed by atoms with E-state index in [9.17, 15) is 0 Å². The lowest BCUT2D eigenvalue weighted by Crippen LogP contribution is -2.38. The Bertz CT molecular complexity index is 881. The van der Waals surface area contributed by atoms with Crippen LogP contribution in [0.25, 0.3) is 5.69 Å². The molecule has 0 unspecified atom stereocenters.